The Morgan fingerprint density at radius 3 is 2.28 bits per heavy atom. The summed E-state index contributed by atoms with van der Waals surface area (Å²) in [5.41, 5.74) is 7.73. The first-order valence-electron chi connectivity index (χ1n) is 6.71. The van der Waals surface area contributed by atoms with Crippen LogP contribution >= 0.6 is 11.6 Å². The van der Waals surface area contributed by atoms with Gasteiger partial charge in [0.2, 0.25) is 0 Å². The van der Waals surface area contributed by atoms with Gasteiger partial charge in [-0.1, -0.05) is 37.6 Å². The van der Waals surface area contributed by atoms with Gasteiger partial charge in [0, 0.05) is 17.6 Å². The maximum absolute atomic E-state index is 5.97. The van der Waals surface area contributed by atoms with Gasteiger partial charge < -0.3 is 5.73 Å². The Morgan fingerprint density at radius 2 is 1.78 bits per heavy atom. The Hall–Kier alpha value is -0.570. The number of nitrogens with two attached hydrogens (primary N) is 1. The summed E-state index contributed by atoms with van der Waals surface area (Å²) in [7, 11) is 0. The summed E-state index contributed by atoms with van der Waals surface area (Å²) in [5, 5.41) is 0.786. The third kappa shape index (κ3) is 3.25. The Morgan fingerprint density at radius 1 is 1.22 bits per heavy atom. The van der Waals surface area contributed by atoms with Crippen LogP contribution in [0.4, 0.5) is 0 Å². The normalized spacial score (nSPS) is 21.8. The molecule has 0 aromatic heterocycles. The highest BCUT2D eigenvalue weighted by molar-refractivity contribution is 6.30. The number of rotatable bonds is 3. The third-order valence-electron chi connectivity index (χ3n) is 4.07. The maximum Gasteiger partial charge on any atom is 0.0470 e. The van der Waals surface area contributed by atoms with Crippen LogP contribution in [-0.2, 0) is 0 Å². The SMILES string of the molecule is CC1(C)CCN(C(CN)c2ccc(Cl)cc2)CC1. The van der Waals surface area contributed by atoms with E-state index < -0.39 is 0 Å². The van der Waals surface area contributed by atoms with Crippen molar-refractivity contribution in [3.63, 3.8) is 0 Å². The smallest absolute Gasteiger partial charge is 0.0470 e. The molecule has 0 bridgehead atoms. The van der Waals surface area contributed by atoms with Gasteiger partial charge in [-0.2, -0.15) is 0 Å². The second-order valence-corrected chi connectivity index (χ2v) is 6.44. The summed E-state index contributed by atoms with van der Waals surface area (Å²) in [4.78, 5) is 2.51. The molecule has 1 aliphatic rings. The molecule has 1 aliphatic heterocycles. The van der Waals surface area contributed by atoms with E-state index in [4.69, 9.17) is 17.3 Å². The summed E-state index contributed by atoms with van der Waals surface area (Å²) in [5.74, 6) is 0. The van der Waals surface area contributed by atoms with Crippen molar-refractivity contribution in [3.8, 4) is 0 Å². The molecule has 0 aliphatic carbocycles. The monoisotopic (exact) mass is 266 g/mol. The van der Waals surface area contributed by atoms with Gasteiger partial charge in [-0.15, -0.1) is 0 Å². The van der Waals surface area contributed by atoms with Crippen LogP contribution in [0.2, 0.25) is 5.02 Å². The second-order valence-electron chi connectivity index (χ2n) is 6.00. The Labute approximate surface area is 115 Å². The summed E-state index contributed by atoms with van der Waals surface area (Å²) in [6.07, 6.45) is 2.49. The fraction of sp³-hybridized carbons (Fsp3) is 0.600. The van der Waals surface area contributed by atoms with Gasteiger partial charge in [-0.3, -0.25) is 4.90 Å². The van der Waals surface area contributed by atoms with Crippen molar-refractivity contribution in [1.29, 1.82) is 0 Å². The van der Waals surface area contributed by atoms with Crippen molar-refractivity contribution >= 4 is 11.6 Å². The standard InChI is InChI=1S/C15H23ClN2/c1-15(2)7-9-18(10-8-15)14(11-17)12-3-5-13(16)6-4-12/h3-6,14H,7-11,17H2,1-2H3. The molecule has 0 spiro atoms. The van der Waals surface area contributed by atoms with Crippen LogP contribution in [0.15, 0.2) is 24.3 Å². The lowest BCUT2D eigenvalue weighted by atomic mass is 9.82. The minimum Gasteiger partial charge on any atom is -0.329 e. The first-order chi connectivity index (χ1) is 8.52. The Bertz CT molecular complexity index is 376. The van der Waals surface area contributed by atoms with Gasteiger partial charge in [-0.05, 0) is 49.0 Å². The van der Waals surface area contributed by atoms with Crippen molar-refractivity contribution in [1.82, 2.24) is 4.90 Å². The van der Waals surface area contributed by atoms with Gasteiger partial charge in [-0.25, -0.2) is 0 Å². The summed E-state index contributed by atoms with van der Waals surface area (Å²) >= 11 is 5.94. The average Bonchev–Trinajstić information content (AvgIpc) is 2.34. The zero-order chi connectivity index (χ0) is 13.2. The number of nitrogens with zero attached hydrogens (tertiary/aromatic N) is 1. The van der Waals surface area contributed by atoms with Crippen LogP contribution in [0.5, 0.6) is 0 Å². The first kappa shape index (κ1) is 13.9. The molecule has 1 fully saturated rings. The van der Waals surface area contributed by atoms with E-state index in [2.05, 4.69) is 30.9 Å². The third-order valence-corrected chi connectivity index (χ3v) is 4.32. The molecule has 2 rings (SSSR count). The molecule has 3 heteroatoms. The van der Waals surface area contributed by atoms with E-state index >= 15 is 0 Å². The minimum absolute atomic E-state index is 0.332. The molecule has 1 atom stereocenters. The highest BCUT2D eigenvalue weighted by Crippen LogP contribution is 2.33. The summed E-state index contributed by atoms with van der Waals surface area (Å²) in [6.45, 7) is 7.64. The van der Waals surface area contributed by atoms with E-state index in [1.165, 1.54) is 18.4 Å². The molecule has 1 aromatic rings. The van der Waals surface area contributed by atoms with E-state index in [0.29, 0.717) is 18.0 Å². The Kier molecular flexibility index (Phi) is 4.31. The van der Waals surface area contributed by atoms with Crippen LogP contribution in [0.3, 0.4) is 0 Å². The number of hydrogen-bond donors (Lipinski definition) is 1. The number of benzene rings is 1. The van der Waals surface area contributed by atoms with E-state index in [9.17, 15) is 0 Å². The molecule has 0 radical (unpaired) electrons. The first-order valence-corrected chi connectivity index (χ1v) is 7.09. The van der Waals surface area contributed by atoms with Gasteiger partial charge in [0.25, 0.3) is 0 Å². The molecular weight excluding hydrogens is 244 g/mol. The van der Waals surface area contributed by atoms with E-state index in [-0.39, 0.29) is 0 Å². The lowest BCUT2D eigenvalue weighted by Crippen LogP contribution is -2.42. The largest absolute Gasteiger partial charge is 0.329 e. The molecule has 1 saturated heterocycles. The fourth-order valence-corrected chi connectivity index (χ4v) is 2.75. The van der Waals surface area contributed by atoms with Crippen LogP contribution in [0.1, 0.15) is 38.3 Å². The number of piperidine rings is 1. The predicted octanol–water partition coefficient (Wildman–Crippen LogP) is 3.46. The van der Waals surface area contributed by atoms with Crippen molar-refractivity contribution < 1.29 is 0 Å². The molecule has 2 N–H and O–H groups in total. The predicted molar refractivity (Wildman–Crippen MR) is 77.8 cm³/mol. The second kappa shape index (κ2) is 5.60. The topological polar surface area (TPSA) is 29.3 Å². The molecule has 1 heterocycles. The Balaban J connectivity index is 2.08. The van der Waals surface area contributed by atoms with E-state index in [1.54, 1.807) is 0 Å². The molecule has 18 heavy (non-hydrogen) atoms. The lowest BCUT2D eigenvalue weighted by molar-refractivity contribution is 0.0964. The number of halogens is 1. The highest BCUT2D eigenvalue weighted by atomic mass is 35.5. The lowest BCUT2D eigenvalue weighted by Gasteiger charge is -2.41. The van der Waals surface area contributed by atoms with Crippen LogP contribution in [0.25, 0.3) is 0 Å². The van der Waals surface area contributed by atoms with Crippen molar-refractivity contribution in [2.24, 2.45) is 11.1 Å². The van der Waals surface area contributed by atoms with E-state index in [0.717, 1.165) is 18.1 Å². The van der Waals surface area contributed by atoms with Crippen LogP contribution in [0, 0.1) is 5.41 Å². The summed E-state index contributed by atoms with van der Waals surface area (Å²) in [6, 6.07) is 8.43. The zero-order valence-electron chi connectivity index (χ0n) is 11.3. The molecule has 1 unspecified atom stereocenters. The zero-order valence-corrected chi connectivity index (χ0v) is 12.1. The number of likely N-dealkylation sites (tertiary alicyclic amines) is 1. The number of hydrogen-bond acceptors (Lipinski definition) is 2. The van der Waals surface area contributed by atoms with Crippen LogP contribution in [-0.4, -0.2) is 24.5 Å². The highest BCUT2D eigenvalue weighted by Gasteiger charge is 2.29. The molecular formula is C15H23ClN2. The quantitative estimate of drug-likeness (QED) is 0.908. The van der Waals surface area contributed by atoms with Crippen molar-refractivity contribution in [3.05, 3.63) is 34.9 Å². The van der Waals surface area contributed by atoms with Gasteiger partial charge in [0.05, 0.1) is 0 Å². The molecule has 1 aromatic carbocycles. The maximum atomic E-state index is 5.97. The van der Waals surface area contributed by atoms with Gasteiger partial charge in [0.1, 0.15) is 0 Å². The van der Waals surface area contributed by atoms with Crippen molar-refractivity contribution in [2.45, 2.75) is 32.7 Å². The van der Waals surface area contributed by atoms with Gasteiger partial charge >= 0.3 is 0 Å². The molecule has 2 nitrogen and oxygen atoms in total. The average molecular weight is 267 g/mol. The summed E-state index contributed by atoms with van der Waals surface area (Å²) < 4.78 is 0. The van der Waals surface area contributed by atoms with Crippen LogP contribution < -0.4 is 5.73 Å². The molecule has 0 amide bonds. The van der Waals surface area contributed by atoms with Gasteiger partial charge in [0.15, 0.2) is 0 Å². The van der Waals surface area contributed by atoms with Crippen molar-refractivity contribution in [2.75, 3.05) is 19.6 Å². The molecule has 0 saturated carbocycles. The van der Waals surface area contributed by atoms with E-state index in [1.807, 2.05) is 12.1 Å². The molecule has 100 valence electrons. The fourth-order valence-electron chi connectivity index (χ4n) is 2.62. The minimum atomic E-state index is 0.332.